The van der Waals surface area contributed by atoms with Crippen molar-refractivity contribution in [3.63, 3.8) is 0 Å². The van der Waals surface area contributed by atoms with Crippen molar-refractivity contribution in [2.75, 3.05) is 31.6 Å². The van der Waals surface area contributed by atoms with E-state index in [0.29, 0.717) is 18.1 Å². The summed E-state index contributed by atoms with van der Waals surface area (Å²) in [5.41, 5.74) is 0.912. The minimum atomic E-state index is -1.09. The predicted molar refractivity (Wildman–Crippen MR) is 90.7 cm³/mol. The van der Waals surface area contributed by atoms with Gasteiger partial charge in [0, 0.05) is 6.54 Å². The number of hydrogen-bond acceptors (Lipinski definition) is 6. The lowest BCUT2D eigenvalue weighted by molar-refractivity contribution is -0.120. The summed E-state index contributed by atoms with van der Waals surface area (Å²) in [6, 6.07) is 5.96. The summed E-state index contributed by atoms with van der Waals surface area (Å²) in [7, 11) is 0. The molecular weight excluding hydrogens is 314 g/mol. The average molecular weight is 335 g/mol. The zero-order valence-electron chi connectivity index (χ0n) is 13.1. The van der Waals surface area contributed by atoms with Gasteiger partial charge in [-0.05, 0) is 37.9 Å². The fraction of sp³-hybridized carbons (Fsp3) is 0.500. The first-order valence-corrected chi connectivity index (χ1v) is 8.52. The second-order valence-corrected chi connectivity index (χ2v) is 7.22. The van der Waals surface area contributed by atoms with Gasteiger partial charge in [0.2, 0.25) is 5.91 Å². The molecule has 124 valence electrons. The Morgan fingerprint density at radius 2 is 2.35 bits per heavy atom. The molecule has 1 atom stereocenters. The lowest BCUT2D eigenvalue weighted by atomic mass is 9.94. The Morgan fingerprint density at radius 1 is 1.52 bits per heavy atom. The zero-order valence-corrected chi connectivity index (χ0v) is 13.9. The number of rotatable bonds is 4. The van der Waals surface area contributed by atoms with E-state index < -0.39 is 5.60 Å². The van der Waals surface area contributed by atoms with E-state index in [1.807, 2.05) is 30.0 Å². The van der Waals surface area contributed by atoms with Crippen LogP contribution in [0, 0.1) is 6.92 Å². The Bertz CT molecular complexity index is 718. The summed E-state index contributed by atoms with van der Waals surface area (Å²) in [5.74, 6) is -0.149. The molecule has 2 heterocycles. The molecule has 1 amide bonds. The number of anilines is 1. The van der Waals surface area contributed by atoms with Crippen molar-refractivity contribution in [3.8, 4) is 0 Å². The first kappa shape index (κ1) is 16.3. The fourth-order valence-corrected chi connectivity index (χ4v) is 3.93. The molecule has 1 aliphatic heterocycles. The third kappa shape index (κ3) is 3.69. The molecule has 1 aromatic heterocycles. The van der Waals surface area contributed by atoms with Crippen LogP contribution in [0.5, 0.6) is 0 Å². The normalized spacial score (nSPS) is 22.4. The lowest BCUT2D eigenvalue weighted by Crippen LogP contribution is -2.52. The molecule has 2 aromatic rings. The van der Waals surface area contributed by atoms with Crippen molar-refractivity contribution < 1.29 is 15.0 Å². The number of carbonyl (C=O) groups excluding carboxylic acids is 1. The zero-order chi connectivity index (χ0) is 16.4. The molecule has 0 aliphatic carbocycles. The minimum absolute atomic E-state index is 0.149. The van der Waals surface area contributed by atoms with E-state index >= 15 is 0 Å². The standard InChI is InChI=1S/C16H21N3O3S/c1-11-4-2-5-12-14(11)18-15(23-12)17-13(21)8-19-7-3-6-16(22,9-19)10-20/h2,4-5,20,22H,3,6-10H2,1H3,(H,17,18,21)/t16-/m0/s1. The summed E-state index contributed by atoms with van der Waals surface area (Å²) < 4.78 is 1.05. The van der Waals surface area contributed by atoms with E-state index in [9.17, 15) is 15.0 Å². The first-order chi connectivity index (χ1) is 11.0. The number of aliphatic hydroxyl groups excluding tert-OH is 1. The number of thiazole rings is 1. The van der Waals surface area contributed by atoms with E-state index in [1.165, 1.54) is 11.3 Å². The quantitative estimate of drug-likeness (QED) is 0.785. The average Bonchev–Trinajstić information content (AvgIpc) is 2.91. The Hall–Kier alpha value is -1.54. The summed E-state index contributed by atoms with van der Waals surface area (Å²) in [5, 5.41) is 22.8. The van der Waals surface area contributed by atoms with Gasteiger partial charge in [0.25, 0.3) is 0 Å². The van der Waals surface area contributed by atoms with Crippen LogP contribution in [0.15, 0.2) is 18.2 Å². The number of amides is 1. The topological polar surface area (TPSA) is 85.7 Å². The van der Waals surface area contributed by atoms with Gasteiger partial charge < -0.3 is 15.5 Å². The number of carbonyl (C=O) groups is 1. The van der Waals surface area contributed by atoms with Gasteiger partial charge in [-0.1, -0.05) is 23.5 Å². The van der Waals surface area contributed by atoms with Crippen LogP contribution in [0.3, 0.4) is 0 Å². The highest BCUT2D eigenvalue weighted by molar-refractivity contribution is 7.22. The number of nitrogens with zero attached hydrogens (tertiary/aromatic N) is 2. The predicted octanol–water partition coefficient (Wildman–Crippen LogP) is 1.36. The SMILES string of the molecule is Cc1cccc2sc(NC(=O)CN3CCC[C@@](O)(CO)C3)nc12. The number of nitrogens with one attached hydrogen (secondary N) is 1. The summed E-state index contributed by atoms with van der Waals surface area (Å²) >= 11 is 1.46. The molecule has 0 unspecified atom stereocenters. The molecule has 3 N–H and O–H groups in total. The largest absolute Gasteiger partial charge is 0.393 e. The molecule has 1 saturated heterocycles. The molecule has 0 bridgehead atoms. The van der Waals surface area contributed by atoms with Gasteiger partial charge in [0.15, 0.2) is 5.13 Å². The third-order valence-corrected chi connectivity index (χ3v) is 5.10. The number of para-hydroxylation sites is 1. The third-order valence-electron chi connectivity index (χ3n) is 4.16. The number of benzene rings is 1. The number of hydrogen-bond donors (Lipinski definition) is 3. The highest BCUT2D eigenvalue weighted by atomic mass is 32.1. The number of aromatic nitrogens is 1. The van der Waals surface area contributed by atoms with Crippen molar-refractivity contribution in [2.45, 2.75) is 25.4 Å². The minimum Gasteiger partial charge on any atom is -0.393 e. The molecule has 1 fully saturated rings. The summed E-state index contributed by atoms with van der Waals surface area (Å²) in [6.07, 6.45) is 1.34. The number of piperidine rings is 1. The first-order valence-electron chi connectivity index (χ1n) is 7.71. The van der Waals surface area contributed by atoms with Crippen LogP contribution in [0.1, 0.15) is 18.4 Å². The van der Waals surface area contributed by atoms with Crippen LogP contribution in [0.4, 0.5) is 5.13 Å². The van der Waals surface area contributed by atoms with Gasteiger partial charge >= 0.3 is 0 Å². The van der Waals surface area contributed by atoms with Gasteiger partial charge in [-0.2, -0.15) is 0 Å². The molecular formula is C16H21N3O3S. The van der Waals surface area contributed by atoms with E-state index in [2.05, 4.69) is 10.3 Å². The van der Waals surface area contributed by atoms with E-state index in [0.717, 1.165) is 28.7 Å². The fourth-order valence-electron chi connectivity index (χ4n) is 2.97. The highest BCUT2D eigenvalue weighted by Gasteiger charge is 2.33. The Balaban J connectivity index is 1.63. The molecule has 7 heteroatoms. The number of fused-ring (bicyclic) bond motifs is 1. The van der Waals surface area contributed by atoms with Crippen LogP contribution in [-0.2, 0) is 4.79 Å². The maximum Gasteiger partial charge on any atom is 0.240 e. The molecule has 0 radical (unpaired) electrons. The number of likely N-dealkylation sites (tertiary alicyclic amines) is 1. The Morgan fingerprint density at radius 3 is 3.09 bits per heavy atom. The van der Waals surface area contributed by atoms with Gasteiger partial charge in [0.05, 0.1) is 23.4 Å². The summed E-state index contributed by atoms with van der Waals surface area (Å²) in [4.78, 5) is 18.5. The second-order valence-electron chi connectivity index (χ2n) is 6.19. The van der Waals surface area contributed by atoms with Crippen LogP contribution in [-0.4, -0.2) is 57.8 Å². The van der Waals surface area contributed by atoms with Crippen molar-refractivity contribution >= 4 is 32.6 Å². The molecule has 6 nitrogen and oxygen atoms in total. The van der Waals surface area contributed by atoms with Crippen molar-refractivity contribution in [1.29, 1.82) is 0 Å². The summed E-state index contributed by atoms with van der Waals surface area (Å²) in [6.45, 7) is 2.97. The van der Waals surface area contributed by atoms with Crippen LogP contribution < -0.4 is 5.32 Å². The Kier molecular flexibility index (Phi) is 4.63. The van der Waals surface area contributed by atoms with Crippen LogP contribution >= 0.6 is 11.3 Å². The van der Waals surface area contributed by atoms with Gasteiger partial charge in [-0.25, -0.2) is 4.98 Å². The van der Waals surface area contributed by atoms with Crippen LogP contribution in [0.2, 0.25) is 0 Å². The maximum absolute atomic E-state index is 12.2. The number of aliphatic hydroxyl groups is 2. The monoisotopic (exact) mass is 335 g/mol. The van der Waals surface area contributed by atoms with Gasteiger partial charge in [-0.15, -0.1) is 0 Å². The van der Waals surface area contributed by atoms with E-state index in [-0.39, 0.29) is 19.1 Å². The maximum atomic E-state index is 12.2. The highest BCUT2D eigenvalue weighted by Crippen LogP contribution is 2.28. The van der Waals surface area contributed by atoms with Crippen LogP contribution in [0.25, 0.3) is 10.2 Å². The molecule has 0 saturated carbocycles. The lowest BCUT2D eigenvalue weighted by Gasteiger charge is -2.37. The van der Waals surface area contributed by atoms with Gasteiger partial charge in [-0.3, -0.25) is 9.69 Å². The molecule has 0 spiro atoms. The molecule has 23 heavy (non-hydrogen) atoms. The Labute approximate surface area is 138 Å². The van der Waals surface area contributed by atoms with Crippen molar-refractivity contribution in [2.24, 2.45) is 0 Å². The van der Waals surface area contributed by atoms with E-state index in [4.69, 9.17) is 0 Å². The smallest absolute Gasteiger partial charge is 0.240 e. The molecule has 1 aliphatic rings. The van der Waals surface area contributed by atoms with Crippen molar-refractivity contribution in [3.05, 3.63) is 23.8 Å². The van der Waals surface area contributed by atoms with E-state index in [1.54, 1.807) is 0 Å². The van der Waals surface area contributed by atoms with Gasteiger partial charge in [0.1, 0.15) is 5.60 Å². The van der Waals surface area contributed by atoms with Crippen molar-refractivity contribution in [1.82, 2.24) is 9.88 Å². The number of β-amino-alcohol motifs (C(OH)–C–C–N with tert-alkyl or cyclic N) is 1. The number of aryl methyl sites for hydroxylation is 1. The second kappa shape index (κ2) is 6.52. The molecule has 1 aromatic carbocycles. The molecule has 3 rings (SSSR count).